The number of nitrogens with zero attached hydrogens (tertiary/aromatic N) is 1. The Morgan fingerprint density at radius 1 is 1.44 bits per heavy atom. The second kappa shape index (κ2) is 5.48. The van der Waals surface area contributed by atoms with Crippen LogP contribution in [0.5, 0.6) is 0 Å². The van der Waals surface area contributed by atoms with Crippen molar-refractivity contribution in [1.29, 1.82) is 0 Å². The van der Waals surface area contributed by atoms with E-state index < -0.39 is 17.6 Å². The molecular weight excluding hydrogens is 252 g/mol. The zero-order valence-electron chi connectivity index (χ0n) is 11.6. The maximum Gasteiger partial charge on any atom is 0.327 e. The van der Waals surface area contributed by atoms with E-state index in [1.165, 1.54) is 4.90 Å². The molecule has 0 aromatic rings. The highest BCUT2D eigenvalue weighted by Crippen LogP contribution is 2.35. The maximum absolute atomic E-state index is 12.5. The Kier molecular flexibility index (Phi) is 4.66. The molecule has 0 radical (unpaired) electrons. The van der Waals surface area contributed by atoms with Gasteiger partial charge in [-0.05, 0) is 26.8 Å². The molecule has 1 heterocycles. The first-order chi connectivity index (χ1) is 8.22. The number of carboxylic acids is 1. The molecule has 0 aromatic carbocycles. The van der Waals surface area contributed by atoms with Gasteiger partial charge in [0.25, 0.3) is 0 Å². The van der Waals surface area contributed by atoms with E-state index in [-0.39, 0.29) is 17.2 Å². The van der Waals surface area contributed by atoms with E-state index in [4.69, 9.17) is 0 Å². The summed E-state index contributed by atoms with van der Waals surface area (Å²) in [5.41, 5.74) is -0.744. The standard InChI is InChI=1S/C12H22N2O3S/c1-7(2)9-14(8(6-18-9)10(15)16)11(17)12(3,4)13-5/h7-9,13H,6H2,1-5H3,(H,15,16). The van der Waals surface area contributed by atoms with E-state index in [1.807, 2.05) is 13.8 Å². The Morgan fingerprint density at radius 3 is 2.39 bits per heavy atom. The smallest absolute Gasteiger partial charge is 0.327 e. The normalized spacial score (nSPS) is 24.7. The molecule has 1 aliphatic heterocycles. The highest BCUT2D eigenvalue weighted by Gasteiger charge is 2.46. The van der Waals surface area contributed by atoms with Crippen LogP contribution >= 0.6 is 11.8 Å². The Bertz CT molecular complexity index is 344. The van der Waals surface area contributed by atoms with Crippen molar-refractivity contribution in [2.24, 2.45) is 5.92 Å². The number of rotatable bonds is 4. The minimum Gasteiger partial charge on any atom is -0.480 e. The average molecular weight is 274 g/mol. The van der Waals surface area contributed by atoms with Gasteiger partial charge >= 0.3 is 5.97 Å². The molecule has 0 saturated carbocycles. The van der Waals surface area contributed by atoms with E-state index in [0.29, 0.717) is 5.75 Å². The molecule has 0 aromatic heterocycles. The minimum atomic E-state index is -0.925. The zero-order valence-corrected chi connectivity index (χ0v) is 12.4. The van der Waals surface area contributed by atoms with Crippen molar-refractivity contribution in [1.82, 2.24) is 10.2 Å². The van der Waals surface area contributed by atoms with Crippen molar-refractivity contribution in [3.8, 4) is 0 Å². The van der Waals surface area contributed by atoms with Gasteiger partial charge in [-0.1, -0.05) is 13.8 Å². The first-order valence-electron chi connectivity index (χ1n) is 6.08. The molecule has 0 aliphatic carbocycles. The summed E-state index contributed by atoms with van der Waals surface area (Å²) in [6.07, 6.45) is 0. The summed E-state index contributed by atoms with van der Waals surface area (Å²) in [5.74, 6) is -0.382. The summed E-state index contributed by atoms with van der Waals surface area (Å²) in [7, 11) is 1.71. The largest absolute Gasteiger partial charge is 0.480 e. The van der Waals surface area contributed by atoms with Crippen molar-refractivity contribution < 1.29 is 14.7 Å². The predicted octanol–water partition coefficient (Wildman–Crippen LogP) is 0.995. The van der Waals surface area contributed by atoms with Crippen molar-refractivity contribution in [2.75, 3.05) is 12.8 Å². The fourth-order valence-electron chi connectivity index (χ4n) is 1.92. The van der Waals surface area contributed by atoms with E-state index >= 15 is 0 Å². The third-order valence-corrected chi connectivity index (χ3v) is 4.91. The molecule has 1 saturated heterocycles. The Balaban J connectivity index is 3.04. The predicted molar refractivity (Wildman–Crippen MR) is 72.5 cm³/mol. The molecule has 2 unspecified atom stereocenters. The average Bonchev–Trinajstić information content (AvgIpc) is 2.72. The quantitative estimate of drug-likeness (QED) is 0.800. The molecule has 104 valence electrons. The van der Waals surface area contributed by atoms with E-state index in [1.54, 1.807) is 32.7 Å². The number of carbonyl (C=O) groups excluding carboxylic acids is 1. The van der Waals surface area contributed by atoms with Crippen molar-refractivity contribution >= 4 is 23.6 Å². The molecule has 18 heavy (non-hydrogen) atoms. The molecule has 1 aliphatic rings. The van der Waals surface area contributed by atoms with Crippen LogP contribution in [-0.2, 0) is 9.59 Å². The van der Waals surface area contributed by atoms with Crippen LogP contribution in [0.25, 0.3) is 0 Å². The van der Waals surface area contributed by atoms with Gasteiger partial charge < -0.3 is 15.3 Å². The Labute approximate surface area is 112 Å². The summed E-state index contributed by atoms with van der Waals surface area (Å²) >= 11 is 1.55. The summed E-state index contributed by atoms with van der Waals surface area (Å²) in [6, 6.07) is -0.720. The van der Waals surface area contributed by atoms with Crippen LogP contribution in [0.1, 0.15) is 27.7 Å². The summed E-state index contributed by atoms with van der Waals surface area (Å²) in [4.78, 5) is 25.3. The maximum atomic E-state index is 12.5. The van der Waals surface area contributed by atoms with Crippen molar-refractivity contribution in [2.45, 2.75) is 44.6 Å². The number of thioether (sulfide) groups is 1. The fraction of sp³-hybridized carbons (Fsp3) is 0.833. The fourth-order valence-corrected chi connectivity index (χ4v) is 3.39. The van der Waals surface area contributed by atoms with Crippen LogP contribution < -0.4 is 5.32 Å². The van der Waals surface area contributed by atoms with E-state index in [2.05, 4.69) is 5.32 Å². The zero-order chi connectivity index (χ0) is 14.1. The molecule has 2 N–H and O–H groups in total. The van der Waals surface area contributed by atoms with E-state index in [0.717, 1.165) is 0 Å². The molecule has 1 fully saturated rings. The lowest BCUT2D eigenvalue weighted by Crippen LogP contribution is -2.58. The van der Waals surface area contributed by atoms with Crippen molar-refractivity contribution in [3.05, 3.63) is 0 Å². The van der Waals surface area contributed by atoms with Crippen LogP contribution in [-0.4, -0.2) is 51.6 Å². The number of carbonyl (C=O) groups is 2. The van der Waals surface area contributed by atoms with Gasteiger partial charge in [-0.25, -0.2) is 4.79 Å². The third-order valence-electron chi connectivity index (χ3n) is 3.28. The number of hydrogen-bond acceptors (Lipinski definition) is 4. The van der Waals surface area contributed by atoms with Crippen LogP contribution in [0, 0.1) is 5.92 Å². The van der Waals surface area contributed by atoms with E-state index in [9.17, 15) is 14.7 Å². The number of nitrogens with one attached hydrogen (secondary N) is 1. The lowest BCUT2D eigenvalue weighted by Gasteiger charge is -2.36. The second-order valence-electron chi connectivity index (χ2n) is 5.41. The molecule has 6 heteroatoms. The molecule has 0 bridgehead atoms. The molecule has 2 atom stereocenters. The van der Waals surface area contributed by atoms with Gasteiger partial charge in [0.1, 0.15) is 6.04 Å². The summed E-state index contributed by atoms with van der Waals surface area (Å²) < 4.78 is 0. The number of aliphatic carboxylic acids is 1. The van der Waals surface area contributed by atoms with Crippen molar-refractivity contribution in [3.63, 3.8) is 0 Å². The Morgan fingerprint density at radius 2 is 2.00 bits per heavy atom. The summed E-state index contributed by atoms with van der Waals surface area (Å²) in [6.45, 7) is 7.56. The number of amides is 1. The van der Waals surface area contributed by atoms with Gasteiger partial charge in [-0.2, -0.15) is 0 Å². The third kappa shape index (κ3) is 2.80. The van der Waals surface area contributed by atoms with Crippen LogP contribution in [0.15, 0.2) is 0 Å². The molecule has 0 spiro atoms. The first-order valence-corrected chi connectivity index (χ1v) is 7.13. The first kappa shape index (κ1) is 15.3. The summed E-state index contributed by atoms with van der Waals surface area (Å²) in [5, 5.41) is 12.1. The Hall–Kier alpha value is -0.750. The van der Waals surface area contributed by atoms with Gasteiger partial charge in [0.2, 0.25) is 5.91 Å². The number of likely N-dealkylation sites (N-methyl/N-ethyl adjacent to an activating group) is 1. The second-order valence-corrected chi connectivity index (χ2v) is 6.56. The highest BCUT2D eigenvalue weighted by molar-refractivity contribution is 8.00. The monoisotopic (exact) mass is 274 g/mol. The van der Waals surface area contributed by atoms with Crippen LogP contribution in [0.4, 0.5) is 0 Å². The highest BCUT2D eigenvalue weighted by atomic mass is 32.2. The SMILES string of the molecule is CNC(C)(C)C(=O)N1C(C(=O)O)CSC1C(C)C. The van der Waals surface area contributed by atoms with Crippen LogP contribution in [0.3, 0.4) is 0 Å². The number of carboxylic acid groups (broad SMARTS) is 1. The van der Waals surface area contributed by atoms with Gasteiger partial charge in [-0.15, -0.1) is 11.8 Å². The topological polar surface area (TPSA) is 69.6 Å². The molecule has 5 nitrogen and oxygen atoms in total. The van der Waals surface area contributed by atoms with Gasteiger partial charge in [-0.3, -0.25) is 4.79 Å². The van der Waals surface area contributed by atoms with Gasteiger partial charge in [0, 0.05) is 5.75 Å². The molecule has 1 amide bonds. The van der Waals surface area contributed by atoms with Gasteiger partial charge in [0.05, 0.1) is 10.9 Å². The molecule has 1 rings (SSSR count). The van der Waals surface area contributed by atoms with Crippen LogP contribution in [0.2, 0.25) is 0 Å². The lowest BCUT2D eigenvalue weighted by atomic mass is 10.0. The number of hydrogen-bond donors (Lipinski definition) is 2. The minimum absolute atomic E-state index is 0.0637. The van der Waals surface area contributed by atoms with Gasteiger partial charge in [0.15, 0.2) is 0 Å². The lowest BCUT2D eigenvalue weighted by molar-refractivity contribution is -0.152. The molecular formula is C12H22N2O3S.